The van der Waals surface area contributed by atoms with E-state index >= 15 is 0 Å². The summed E-state index contributed by atoms with van der Waals surface area (Å²) in [5.41, 5.74) is 1.50. The maximum absolute atomic E-state index is 12.5. The normalized spacial score (nSPS) is 15.1. The van der Waals surface area contributed by atoms with Gasteiger partial charge in [0.15, 0.2) is 11.4 Å². The Morgan fingerprint density at radius 1 is 1.00 bits per heavy atom. The maximum Gasteiger partial charge on any atom is 0.223 e. The highest BCUT2D eigenvalue weighted by Gasteiger charge is 2.27. The monoisotopic (exact) mass is 440 g/mol. The Balaban J connectivity index is 1.30. The Morgan fingerprint density at radius 3 is 2.50 bits per heavy atom. The first-order valence-electron chi connectivity index (χ1n) is 9.48. The van der Waals surface area contributed by atoms with Crippen molar-refractivity contribution in [2.75, 3.05) is 13.1 Å². The zero-order valence-corrected chi connectivity index (χ0v) is 17.0. The number of rotatable bonds is 5. The van der Waals surface area contributed by atoms with Crippen molar-refractivity contribution < 1.29 is 9.59 Å². The summed E-state index contributed by atoms with van der Waals surface area (Å²) in [4.78, 5) is 26.7. The SMILES string of the molecule is O=C(CCC(=O)N1CCC(c2nnc3ccccn23)CC1)c1ccc(Br)cc1. The van der Waals surface area contributed by atoms with E-state index in [2.05, 4.69) is 26.1 Å². The van der Waals surface area contributed by atoms with Gasteiger partial charge in [-0.3, -0.25) is 14.0 Å². The van der Waals surface area contributed by atoms with Crippen molar-refractivity contribution in [3.05, 3.63) is 64.5 Å². The van der Waals surface area contributed by atoms with E-state index in [4.69, 9.17) is 0 Å². The molecular formula is C21H21BrN4O2. The molecule has 1 fully saturated rings. The van der Waals surface area contributed by atoms with E-state index in [0.29, 0.717) is 24.6 Å². The number of hydrogen-bond acceptors (Lipinski definition) is 4. The molecule has 0 unspecified atom stereocenters. The molecule has 0 bridgehead atoms. The van der Waals surface area contributed by atoms with Crippen LogP contribution in [0, 0.1) is 0 Å². The molecule has 6 nitrogen and oxygen atoms in total. The molecular weight excluding hydrogens is 420 g/mol. The van der Waals surface area contributed by atoms with Crippen molar-refractivity contribution in [1.82, 2.24) is 19.5 Å². The van der Waals surface area contributed by atoms with Gasteiger partial charge in [0.05, 0.1) is 0 Å². The number of amides is 1. The smallest absolute Gasteiger partial charge is 0.223 e. The second-order valence-electron chi connectivity index (χ2n) is 7.07. The minimum Gasteiger partial charge on any atom is -0.343 e. The van der Waals surface area contributed by atoms with Crippen LogP contribution in [0.1, 0.15) is 47.8 Å². The van der Waals surface area contributed by atoms with Crippen LogP contribution < -0.4 is 0 Å². The van der Waals surface area contributed by atoms with E-state index < -0.39 is 0 Å². The van der Waals surface area contributed by atoms with Gasteiger partial charge in [-0.15, -0.1) is 10.2 Å². The number of nitrogens with zero attached hydrogens (tertiary/aromatic N) is 4. The summed E-state index contributed by atoms with van der Waals surface area (Å²) in [7, 11) is 0. The van der Waals surface area contributed by atoms with Crippen LogP contribution in [0.3, 0.4) is 0 Å². The Labute approximate surface area is 171 Å². The van der Waals surface area contributed by atoms with Crippen LogP contribution in [-0.2, 0) is 4.79 Å². The number of benzene rings is 1. The number of hydrogen-bond donors (Lipinski definition) is 0. The predicted octanol–water partition coefficient (Wildman–Crippen LogP) is 3.86. The molecule has 1 aromatic carbocycles. The van der Waals surface area contributed by atoms with Gasteiger partial charge in [-0.25, -0.2) is 0 Å². The van der Waals surface area contributed by atoms with Gasteiger partial charge in [0.25, 0.3) is 0 Å². The van der Waals surface area contributed by atoms with Gasteiger partial charge in [0.2, 0.25) is 5.91 Å². The fourth-order valence-corrected chi connectivity index (χ4v) is 3.95. The highest BCUT2D eigenvalue weighted by atomic mass is 79.9. The average Bonchev–Trinajstić information content (AvgIpc) is 3.16. The number of pyridine rings is 1. The Hall–Kier alpha value is -2.54. The van der Waals surface area contributed by atoms with Crippen molar-refractivity contribution in [2.45, 2.75) is 31.6 Å². The topological polar surface area (TPSA) is 67.6 Å². The quantitative estimate of drug-likeness (QED) is 0.564. The fourth-order valence-electron chi connectivity index (χ4n) is 3.68. The second kappa shape index (κ2) is 8.22. The largest absolute Gasteiger partial charge is 0.343 e. The van der Waals surface area contributed by atoms with Crippen LogP contribution in [-0.4, -0.2) is 44.3 Å². The molecule has 0 aliphatic carbocycles. The third-order valence-electron chi connectivity index (χ3n) is 5.29. The molecule has 144 valence electrons. The minimum absolute atomic E-state index is 0.00525. The summed E-state index contributed by atoms with van der Waals surface area (Å²) in [6.07, 6.45) is 4.21. The Morgan fingerprint density at radius 2 is 1.75 bits per heavy atom. The third kappa shape index (κ3) is 3.99. The minimum atomic E-state index is 0.00525. The lowest BCUT2D eigenvalue weighted by atomic mass is 9.95. The first-order chi connectivity index (χ1) is 13.6. The highest BCUT2D eigenvalue weighted by Crippen LogP contribution is 2.27. The first kappa shape index (κ1) is 18.8. The molecule has 1 amide bonds. The standard InChI is InChI=1S/C21H21BrN4O2/c22-17-6-4-15(5-7-17)18(27)8-9-20(28)25-13-10-16(11-14-25)21-24-23-19-3-1-2-12-26(19)21/h1-7,12,16H,8-11,13-14H2. The molecule has 1 saturated heterocycles. The van der Waals surface area contributed by atoms with Crippen molar-refractivity contribution in [3.63, 3.8) is 0 Å². The van der Waals surface area contributed by atoms with Crippen LogP contribution in [0.25, 0.3) is 5.65 Å². The molecule has 7 heteroatoms. The van der Waals surface area contributed by atoms with Gasteiger partial charge in [-0.1, -0.05) is 34.1 Å². The van der Waals surface area contributed by atoms with Gasteiger partial charge in [-0.2, -0.15) is 0 Å². The second-order valence-corrected chi connectivity index (χ2v) is 7.99. The van der Waals surface area contributed by atoms with E-state index in [1.165, 1.54) is 0 Å². The van der Waals surface area contributed by atoms with Crippen LogP contribution in [0.15, 0.2) is 53.1 Å². The van der Waals surface area contributed by atoms with Crippen molar-refractivity contribution in [2.24, 2.45) is 0 Å². The molecule has 0 atom stereocenters. The molecule has 3 aromatic rings. The number of carbonyl (C=O) groups is 2. The maximum atomic E-state index is 12.5. The molecule has 0 saturated carbocycles. The lowest BCUT2D eigenvalue weighted by molar-refractivity contribution is -0.132. The van der Waals surface area contributed by atoms with Crippen molar-refractivity contribution in [3.8, 4) is 0 Å². The van der Waals surface area contributed by atoms with Gasteiger partial charge in [-0.05, 0) is 37.1 Å². The average molecular weight is 441 g/mol. The van der Waals surface area contributed by atoms with E-state index in [1.54, 1.807) is 12.1 Å². The summed E-state index contributed by atoms with van der Waals surface area (Å²) in [5.74, 6) is 1.32. The third-order valence-corrected chi connectivity index (χ3v) is 5.81. The number of aromatic nitrogens is 3. The van der Waals surface area contributed by atoms with E-state index in [1.807, 2.05) is 45.8 Å². The van der Waals surface area contributed by atoms with Gasteiger partial charge >= 0.3 is 0 Å². The number of likely N-dealkylation sites (tertiary alicyclic amines) is 1. The fraction of sp³-hybridized carbons (Fsp3) is 0.333. The molecule has 3 heterocycles. The number of carbonyl (C=O) groups excluding carboxylic acids is 2. The summed E-state index contributed by atoms with van der Waals surface area (Å²) in [6, 6.07) is 13.1. The van der Waals surface area contributed by atoms with Crippen LogP contribution in [0.4, 0.5) is 0 Å². The Bertz CT molecular complexity index is 991. The lowest BCUT2D eigenvalue weighted by Gasteiger charge is -2.31. The van der Waals surface area contributed by atoms with Crippen LogP contribution in [0.2, 0.25) is 0 Å². The van der Waals surface area contributed by atoms with E-state index in [0.717, 1.165) is 28.8 Å². The lowest BCUT2D eigenvalue weighted by Crippen LogP contribution is -2.38. The van der Waals surface area contributed by atoms with Gasteiger partial charge < -0.3 is 4.90 Å². The molecule has 0 spiro atoms. The van der Waals surface area contributed by atoms with Crippen molar-refractivity contribution in [1.29, 1.82) is 0 Å². The Kier molecular flexibility index (Phi) is 5.52. The molecule has 4 rings (SSSR count). The summed E-state index contributed by atoms with van der Waals surface area (Å²) in [6.45, 7) is 1.38. The zero-order chi connectivity index (χ0) is 19.5. The number of halogens is 1. The number of fused-ring (bicyclic) bond motifs is 1. The molecule has 0 radical (unpaired) electrons. The van der Waals surface area contributed by atoms with E-state index in [-0.39, 0.29) is 24.5 Å². The molecule has 0 N–H and O–H groups in total. The van der Waals surface area contributed by atoms with Gasteiger partial charge in [0.1, 0.15) is 5.82 Å². The highest BCUT2D eigenvalue weighted by molar-refractivity contribution is 9.10. The number of ketones is 1. The first-order valence-corrected chi connectivity index (χ1v) is 10.3. The molecule has 1 aliphatic rings. The van der Waals surface area contributed by atoms with Gasteiger partial charge in [0, 0.05) is 48.1 Å². The summed E-state index contributed by atoms with van der Waals surface area (Å²) < 4.78 is 2.96. The van der Waals surface area contributed by atoms with Crippen LogP contribution >= 0.6 is 15.9 Å². The molecule has 1 aliphatic heterocycles. The predicted molar refractivity (Wildman–Crippen MR) is 109 cm³/mol. The molecule has 2 aromatic heterocycles. The number of piperidine rings is 1. The van der Waals surface area contributed by atoms with Crippen molar-refractivity contribution >= 4 is 33.3 Å². The number of Topliss-reactive ketones (excluding diaryl/α,β-unsaturated/α-hetero) is 1. The summed E-state index contributed by atoms with van der Waals surface area (Å²) in [5, 5.41) is 8.57. The summed E-state index contributed by atoms with van der Waals surface area (Å²) >= 11 is 3.36. The van der Waals surface area contributed by atoms with Crippen LogP contribution in [0.5, 0.6) is 0 Å². The van der Waals surface area contributed by atoms with E-state index in [9.17, 15) is 9.59 Å². The zero-order valence-electron chi connectivity index (χ0n) is 15.4. The molecule has 28 heavy (non-hydrogen) atoms.